The summed E-state index contributed by atoms with van der Waals surface area (Å²) in [4.78, 5) is 13.5. The van der Waals surface area contributed by atoms with Crippen LogP contribution in [0, 0.1) is 5.82 Å². The van der Waals surface area contributed by atoms with E-state index < -0.39 is 5.82 Å². The minimum Gasteiger partial charge on any atom is -0.362 e. The van der Waals surface area contributed by atoms with Gasteiger partial charge in [-0.05, 0) is 29.3 Å². The third-order valence-electron chi connectivity index (χ3n) is 3.89. The van der Waals surface area contributed by atoms with Crippen molar-refractivity contribution in [2.24, 2.45) is 0 Å². The van der Waals surface area contributed by atoms with Crippen LogP contribution in [-0.4, -0.2) is 6.29 Å². The summed E-state index contributed by atoms with van der Waals surface area (Å²) in [7, 11) is 0. The minimum atomic E-state index is -0.403. The van der Waals surface area contributed by atoms with Crippen molar-refractivity contribution in [2.75, 3.05) is 4.90 Å². The fraction of sp³-hybridized carbons (Fsp3) is 0.0952. The lowest BCUT2D eigenvalue weighted by atomic mass is 10.1. The first-order chi connectivity index (χ1) is 11.8. The van der Waals surface area contributed by atoms with Crippen molar-refractivity contribution >= 4 is 12.0 Å². The van der Waals surface area contributed by atoms with E-state index in [-0.39, 0.29) is 0 Å². The van der Waals surface area contributed by atoms with Crippen LogP contribution >= 0.6 is 0 Å². The van der Waals surface area contributed by atoms with Crippen molar-refractivity contribution < 1.29 is 9.18 Å². The van der Waals surface area contributed by atoms with Gasteiger partial charge in [0.2, 0.25) is 0 Å². The molecule has 3 rings (SSSR count). The molecule has 2 nitrogen and oxygen atoms in total. The maximum atomic E-state index is 13.5. The van der Waals surface area contributed by atoms with E-state index in [2.05, 4.69) is 4.90 Å². The molecule has 0 aromatic heterocycles. The van der Waals surface area contributed by atoms with Crippen molar-refractivity contribution in [3.63, 3.8) is 0 Å². The van der Waals surface area contributed by atoms with E-state index in [1.807, 2.05) is 60.7 Å². The summed E-state index contributed by atoms with van der Waals surface area (Å²) in [6.07, 6.45) is 0.710. The molecule has 0 heterocycles. The van der Waals surface area contributed by atoms with Gasteiger partial charge in [0.15, 0.2) is 6.29 Å². The number of carbonyl (C=O) groups is 1. The fourth-order valence-electron chi connectivity index (χ4n) is 2.74. The van der Waals surface area contributed by atoms with Crippen LogP contribution in [0.1, 0.15) is 21.5 Å². The van der Waals surface area contributed by atoms with Crippen LogP contribution in [0.4, 0.5) is 10.1 Å². The molecule has 0 amide bonds. The van der Waals surface area contributed by atoms with E-state index in [9.17, 15) is 9.18 Å². The van der Waals surface area contributed by atoms with Crippen LogP contribution in [0.5, 0.6) is 0 Å². The average molecular weight is 319 g/mol. The molecule has 0 radical (unpaired) electrons. The molecule has 0 bridgehead atoms. The summed E-state index contributed by atoms with van der Waals surface area (Å²) in [6, 6.07) is 24.4. The fourth-order valence-corrected chi connectivity index (χ4v) is 2.74. The van der Waals surface area contributed by atoms with E-state index in [0.29, 0.717) is 24.9 Å². The number of carbonyl (C=O) groups excluding carboxylic acids is 1. The number of hydrogen-bond acceptors (Lipinski definition) is 2. The smallest absolute Gasteiger partial charge is 0.152 e. The predicted octanol–water partition coefficient (Wildman–Crippen LogP) is 4.85. The highest BCUT2D eigenvalue weighted by atomic mass is 19.1. The second-order valence-corrected chi connectivity index (χ2v) is 5.65. The van der Waals surface area contributed by atoms with Gasteiger partial charge < -0.3 is 4.90 Å². The second-order valence-electron chi connectivity index (χ2n) is 5.65. The summed E-state index contributed by atoms with van der Waals surface area (Å²) in [5.74, 6) is -0.403. The van der Waals surface area contributed by atoms with Gasteiger partial charge in [-0.2, -0.15) is 0 Å². The number of hydrogen-bond donors (Lipinski definition) is 0. The number of benzene rings is 3. The van der Waals surface area contributed by atoms with Gasteiger partial charge in [0.25, 0.3) is 0 Å². The molecule has 0 aliphatic heterocycles. The van der Waals surface area contributed by atoms with Gasteiger partial charge in [-0.15, -0.1) is 0 Å². The third kappa shape index (κ3) is 3.87. The highest BCUT2D eigenvalue weighted by Gasteiger charge is 2.13. The zero-order chi connectivity index (χ0) is 16.8. The average Bonchev–Trinajstić information content (AvgIpc) is 2.63. The highest BCUT2D eigenvalue weighted by Crippen LogP contribution is 2.24. The molecular formula is C21H18FNO. The Labute approximate surface area is 141 Å². The van der Waals surface area contributed by atoms with Gasteiger partial charge >= 0.3 is 0 Å². The Morgan fingerprint density at radius 1 is 0.792 bits per heavy atom. The van der Waals surface area contributed by atoms with E-state index in [0.717, 1.165) is 16.8 Å². The minimum absolute atomic E-state index is 0.363. The molecule has 0 aliphatic carbocycles. The van der Waals surface area contributed by atoms with Crippen molar-refractivity contribution in [3.8, 4) is 0 Å². The lowest BCUT2D eigenvalue weighted by Crippen LogP contribution is -2.23. The molecule has 3 aromatic rings. The van der Waals surface area contributed by atoms with Gasteiger partial charge in [0.05, 0.1) is 0 Å². The van der Waals surface area contributed by atoms with Crippen molar-refractivity contribution in [2.45, 2.75) is 13.1 Å². The monoisotopic (exact) mass is 319 g/mol. The molecule has 0 saturated heterocycles. The number of rotatable bonds is 6. The molecule has 0 unspecified atom stereocenters. The molecule has 3 aromatic carbocycles. The first-order valence-electron chi connectivity index (χ1n) is 7.84. The zero-order valence-corrected chi connectivity index (χ0v) is 13.2. The third-order valence-corrected chi connectivity index (χ3v) is 3.89. The van der Waals surface area contributed by atoms with E-state index in [1.165, 1.54) is 12.1 Å². The largest absolute Gasteiger partial charge is 0.362 e. The summed E-state index contributed by atoms with van der Waals surface area (Å²) >= 11 is 0. The van der Waals surface area contributed by atoms with Gasteiger partial charge in [-0.1, -0.05) is 60.7 Å². The molecule has 3 heteroatoms. The molecule has 0 spiro atoms. The summed E-state index contributed by atoms with van der Waals surface area (Å²) in [5.41, 5.74) is 3.37. The van der Waals surface area contributed by atoms with E-state index in [1.54, 1.807) is 6.07 Å². The number of halogens is 1. The van der Waals surface area contributed by atoms with Gasteiger partial charge in [0.1, 0.15) is 5.82 Å². The molecule has 0 saturated carbocycles. The van der Waals surface area contributed by atoms with Crippen LogP contribution in [0.2, 0.25) is 0 Å². The Kier molecular flexibility index (Phi) is 5.02. The van der Waals surface area contributed by atoms with Crippen LogP contribution in [0.25, 0.3) is 0 Å². The lowest BCUT2D eigenvalue weighted by Gasteiger charge is -2.26. The Morgan fingerprint density at radius 3 is 1.83 bits per heavy atom. The molecule has 0 aliphatic rings. The summed E-state index contributed by atoms with van der Waals surface area (Å²) < 4.78 is 13.5. The van der Waals surface area contributed by atoms with Crippen LogP contribution in [-0.2, 0) is 13.1 Å². The maximum Gasteiger partial charge on any atom is 0.152 e. The summed E-state index contributed by atoms with van der Waals surface area (Å²) in [5, 5.41) is 0. The molecule has 0 atom stereocenters. The zero-order valence-electron chi connectivity index (χ0n) is 13.2. The van der Waals surface area contributed by atoms with Crippen molar-refractivity contribution in [1.82, 2.24) is 0 Å². The first-order valence-corrected chi connectivity index (χ1v) is 7.84. The van der Waals surface area contributed by atoms with Gasteiger partial charge in [-0.3, -0.25) is 4.79 Å². The van der Waals surface area contributed by atoms with Crippen molar-refractivity contribution in [3.05, 3.63) is 101 Å². The maximum absolute atomic E-state index is 13.5. The first kappa shape index (κ1) is 15.9. The second kappa shape index (κ2) is 7.55. The molecule has 0 fully saturated rings. The Balaban J connectivity index is 1.96. The number of nitrogens with zero attached hydrogens (tertiary/aromatic N) is 1. The predicted molar refractivity (Wildman–Crippen MR) is 94.6 cm³/mol. The lowest BCUT2D eigenvalue weighted by molar-refractivity contribution is 0.112. The van der Waals surface area contributed by atoms with Gasteiger partial charge in [-0.25, -0.2) is 4.39 Å². The Bertz CT molecular complexity index is 761. The van der Waals surface area contributed by atoms with Gasteiger partial charge in [0, 0.05) is 24.3 Å². The standard InChI is InChI=1S/C21H18FNO/c22-20-11-12-21(19(13-20)16-24)23(14-17-7-3-1-4-8-17)15-18-9-5-2-6-10-18/h1-13,16H,14-15H2. The quantitative estimate of drug-likeness (QED) is 0.606. The Morgan fingerprint density at radius 2 is 1.33 bits per heavy atom. The Hall–Kier alpha value is -2.94. The number of aldehydes is 1. The van der Waals surface area contributed by atoms with Crippen LogP contribution in [0.3, 0.4) is 0 Å². The van der Waals surface area contributed by atoms with Crippen molar-refractivity contribution in [1.29, 1.82) is 0 Å². The highest BCUT2D eigenvalue weighted by molar-refractivity contribution is 5.84. The molecule has 0 N–H and O–H groups in total. The summed E-state index contributed by atoms with van der Waals surface area (Å²) in [6.45, 7) is 1.28. The molecule has 120 valence electrons. The van der Waals surface area contributed by atoms with Crippen LogP contribution < -0.4 is 4.90 Å². The number of anilines is 1. The normalized spacial score (nSPS) is 10.4. The van der Waals surface area contributed by atoms with E-state index >= 15 is 0 Å². The van der Waals surface area contributed by atoms with E-state index in [4.69, 9.17) is 0 Å². The topological polar surface area (TPSA) is 20.3 Å². The molecule has 24 heavy (non-hydrogen) atoms. The molecular weight excluding hydrogens is 301 g/mol. The SMILES string of the molecule is O=Cc1cc(F)ccc1N(Cc1ccccc1)Cc1ccccc1. The van der Waals surface area contributed by atoms with Crippen LogP contribution in [0.15, 0.2) is 78.9 Å².